The van der Waals surface area contributed by atoms with Crippen LogP contribution in [0.3, 0.4) is 0 Å². The highest BCUT2D eigenvalue weighted by atomic mass is 16.2. The first-order valence-electron chi connectivity index (χ1n) is 11.3. The molecule has 30 heavy (non-hydrogen) atoms. The minimum Gasteiger partial charge on any atom is -0.357 e. The van der Waals surface area contributed by atoms with Gasteiger partial charge in [0.15, 0.2) is 5.96 Å². The minimum absolute atomic E-state index is 0.0976. The number of hydrogen-bond donors (Lipinski definition) is 3. The van der Waals surface area contributed by atoms with Gasteiger partial charge in [0.05, 0.1) is 6.54 Å². The van der Waals surface area contributed by atoms with Crippen LogP contribution in [0, 0.1) is 5.92 Å². The number of aliphatic imine (C=N–C) groups is 1. The molecule has 0 aromatic heterocycles. The van der Waals surface area contributed by atoms with Gasteiger partial charge in [0.2, 0.25) is 5.91 Å². The van der Waals surface area contributed by atoms with Crippen molar-refractivity contribution < 1.29 is 9.59 Å². The largest absolute Gasteiger partial charge is 0.357 e. The molecule has 0 radical (unpaired) electrons. The Labute approximate surface area is 179 Å². The van der Waals surface area contributed by atoms with E-state index in [4.69, 9.17) is 4.99 Å². The molecule has 0 spiro atoms. The predicted octanol–water partition coefficient (Wildman–Crippen LogP) is 2.28. The van der Waals surface area contributed by atoms with Crippen LogP contribution in [0.1, 0.15) is 61.4 Å². The highest BCUT2D eigenvalue weighted by molar-refractivity contribution is 5.94. The van der Waals surface area contributed by atoms with Crippen LogP contribution in [0.5, 0.6) is 0 Å². The topological polar surface area (TPSA) is 85.8 Å². The molecule has 164 valence electrons. The summed E-state index contributed by atoms with van der Waals surface area (Å²) in [4.78, 5) is 31.4. The molecule has 1 aliphatic heterocycles. The van der Waals surface area contributed by atoms with Crippen molar-refractivity contribution >= 4 is 17.8 Å². The maximum absolute atomic E-state index is 12.8. The predicted molar refractivity (Wildman–Crippen MR) is 119 cm³/mol. The fourth-order valence-electron chi connectivity index (χ4n) is 4.32. The van der Waals surface area contributed by atoms with Crippen LogP contribution in [-0.2, 0) is 11.3 Å². The molecular formula is C23H35N5O2. The summed E-state index contributed by atoms with van der Waals surface area (Å²) in [6, 6.07) is 7.73. The number of carbonyl (C=O) groups is 2. The lowest BCUT2D eigenvalue weighted by Crippen LogP contribution is -2.45. The van der Waals surface area contributed by atoms with Crippen molar-refractivity contribution in [3.63, 3.8) is 0 Å². The van der Waals surface area contributed by atoms with E-state index in [-0.39, 0.29) is 17.9 Å². The van der Waals surface area contributed by atoms with Crippen molar-refractivity contribution in [1.82, 2.24) is 20.9 Å². The van der Waals surface area contributed by atoms with Crippen LogP contribution in [0.2, 0.25) is 0 Å². The van der Waals surface area contributed by atoms with E-state index in [0.29, 0.717) is 18.0 Å². The summed E-state index contributed by atoms with van der Waals surface area (Å²) in [5.74, 6) is 1.22. The Morgan fingerprint density at radius 1 is 1.17 bits per heavy atom. The zero-order valence-electron chi connectivity index (χ0n) is 18.2. The number of carbonyl (C=O) groups excluding carboxylic acids is 2. The smallest absolute Gasteiger partial charge is 0.251 e. The van der Waals surface area contributed by atoms with Gasteiger partial charge in [-0.05, 0) is 43.9 Å². The Kier molecular flexibility index (Phi) is 8.11. The lowest BCUT2D eigenvalue weighted by Gasteiger charge is -2.26. The Bertz CT molecular complexity index is 758. The number of amides is 2. The fraction of sp³-hybridized carbons (Fsp3) is 0.609. The molecule has 1 atom stereocenters. The van der Waals surface area contributed by atoms with E-state index < -0.39 is 0 Å². The summed E-state index contributed by atoms with van der Waals surface area (Å²) in [6.45, 7) is 4.85. The standard InChI is InChI=1S/C23H35N5O2/c1-3-25-23(26-15-17-8-7-11-19(14-17)21(29)24-2)27-20-12-13-28(16-20)22(30)18-9-5-4-6-10-18/h7-8,11,14,18,20H,3-6,9-10,12-13,15-16H2,1-2H3,(H,24,29)(H2,25,26,27). The van der Waals surface area contributed by atoms with E-state index in [0.717, 1.165) is 50.4 Å². The van der Waals surface area contributed by atoms with E-state index in [2.05, 4.69) is 16.0 Å². The normalized spacial score (nSPS) is 20.1. The lowest BCUT2D eigenvalue weighted by molar-refractivity contribution is -0.135. The van der Waals surface area contributed by atoms with Crippen LogP contribution >= 0.6 is 0 Å². The van der Waals surface area contributed by atoms with Crippen molar-refractivity contribution in [2.24, 2.45) is 10.9 Å². The average Bonchev–Trinajstić information content (AvgIpc) is 3.26. The molecule has 7 nitrogen and oxygen atoms in total. The maximum Gasteiger partial charge on any atom is 0.251 e. The maximum atomic E-state index is 12.8. The molecule has 1 aromatic carbocycles. The number of nitrogens with zero attached hydrogens (tertiary/aromatic N) is 2. The summed E-state index contributed by atoms with van der Waals surface area (Å²) in [6.07, 6.45) is 6.67. The quantitative estimate of drug-likeness (QED) is 0.493. The third-order valence-corrected chi connectivity index (χ3v) is 5.98. The zero-order valence-corrected chi connectivity index (χ0v) is 18.2. The molecule has 2 fully saturated rings. The van der Waals surface area contributed by atoms with Gasteiger partial charge in [-0.1, -0.05) is 31.4 Å². The number of nitrogens with one attached hydrogen (secondary N) is 3. The molecule has 1 unspecified atom stereocenters. The van der Waals surface area contributed by atoms with Crippen LogP contribution < -0.4 is 16.0 Å². The Hall–Kier alpha value is -2.57. The number of benzene rings is 1. The molecule has 1 saturated carbocycles. The molecule has 2 amide bonds. The van der Waals surface area contributed by atoms with Gasteiger partial charge in [0.25, 0.3) is 5.91 Å². The van der Waals surface area contributed by atoms with E-state index >= 15 is 0 Å². The van der Waals surface area contributed by atoms with Crippen molar-refractivity contribution in [2.45, 2.75) is 58.0 Å². The van der Waals surface area contributed by atoms with E-state index in [9.17, 15) is 9.59 Å². The van der Waals surface area contributed by atoms with Gasteiger partial charge in [-0.3, -0.25) is 9.59 Å². The van der Waals surface area contributed by atoms with E-state index in [1.54, 1.807) is 13.1 Å². The number of guanidine groups is 1. The van der Waals surface area contributed by atoms with Gasteiger partial charge < -0.3 is 20.9 Å². The average molecular weight is 414 g/mol. The molecule has 3 rings (SSSR count). The molecule has 1 aliphatic carbocycles. The Balaban J connectivity index is 1.56. The first-order chi connectivity index (χ1) is 14.6. The first kappa shape index (κ1) is 22.1. The van der Waals surface area contributed by atoms with Crippen molar-refractivity contribution in [3.05, 3.63) is 35.4 Å². The number of likely N-dealkylation sites (tertiary alicyclic amines) is 1. The third kappa shape index (κ3) is 5.97. The van der Waals surface area contributed by atoms with Crippen LogP contribution in [0.4, 0.5) is 0 Å². The first-order valence-corrected chi connectivity index (χ1v) is 11.3. The van der Waals surface area contributed by atoms with Gasteiger partial charge in [0.1, 0.15) is 0 Å². The van der Waals surface area contributed by atoms with Gasteiger partial charge >= 0.3 is 0 Å². The molecule has 1 saturated heterocycles. The minimum atomic E-state index is -0.0976. The SMILES string of the molecule is CCNC(=NCc1cccc(C(=O)NC)c1)NC1CCN(C(=O)C2CCCCC2)C1. The molecular weight excluding hydrogens is 378 g/mol. The van der Waals surface area contributed by atoms with Gasteiger partial charge in [-0.2, -0.15) is 0 Å². The molecule has 0 bridgehead atoms. The van der Waals surface area contributed by atoms with Gasteiger partial charge in [-0.25, -0.2) is 4.99 Å². The summed E-state index contributed by atoms with van der Waals surface area (Å²) < 4.78 is 0. The molecule has 1 aromatic rings. The van der Waals surface area contributed by atoms with E-state index in [1.165, 1.54) is 19.3 Å². The van der Waals surface area contributed by atoms with Crippen molar-refractivity contribution in [1.29, 1.82) is 0 Å². The molecule has 2 aliphatic rings. The van der Waals surface area contributed by atoms with Crippen molar-refractivity contribution in [3.8, 4) is 0 Å². The second-order valence-electron chi connectivity index (χ2n) is 8.22. The summed E-state index contributed by atoms with van der Waals surface area (Å²) >= 11 is 0. The Morgan fingerprint density at radius 3 is 2.70 bits per heavy atom. The Morgan fingerprint density at radius 2 is 1.97 bits per heavy atom. The fourth-order valence-corrected chi connectivity index (χ4v) is 4.32. The van der Waals surface area contributed by atoms with Crippen LogP contribution in [0.25, 0.3) is 0 Å². The lowest BCUT2D eigenvalue weighted by atomic mass is 9.88. The highest BCUT2D eigenvalue weighted by Gasteiger charge is 2.31. The number of hydrogen-bond acceptors (Lipinski definition) is 3. The van der Waals surface area contributed by atoms with Crippen LogP contribution in [-0.4, -0.2) is 55.4 Å². The molecule has 7 heteroatoms. The highest BCUT2D eigenvalue weighted by Crippen LogP contribution is 2.26. The van der Waals surface area contributed by atoms with Gasteiger partial charge in [0, 0.05) is 44.2 Å². The second kappa shape index (κ2) is 11.0. The van der Waals surface area contributed by atoms with E-state index in [1.807, 2.05) is 30.0 Å². The van der Waals surface area contributed by atoms with Gasteiger partial charge in [-0.15, -0.1) is 0 Å². The summed E-state index contributed by atoms with van der Waals surface area (Å²) in [5.41, 5.74) is 1.62. The number of rotatable bonds is 6. The second-order valence-corrected chi connectivity index (χ2v) is 8.22. The third-order valence-electron chi connectivity index (χ3n) is 5.98. The van der Waals surface area contributed by atoms with Crippen LogP contribution in [0.15, 0.2) is 29.3 Å². The molecule has 3 N–H and O–H groups in total. The summed E-state index contributed by atoms with van der Waals surface area (Å²) in [7, 11) is 1.63. The molecule has 1 heterocycles. The summed E-state index contributed by atoms with van der Waals surface area (Å²) in [5, 5.41) is 9.43. The monoisotopic (exact) mass is 413 g/mol. The zero-order chi connectivity index (χ0) is 21.3. The van der Waals surface area contributed by atoms with Crippen molar-refractivity contribution in [2.75, 3.05) is 26.7 Å².